The van der Waals surface area contributed by atoms with Gasteiger partial charge in [-0.2, -0.15) is 0 Å². The molecule has 0 aliphatic rings. The zero-order valence-electron chi connectivity index (χ0n) is 13.4. The van der Waals surface area contributed by atoms with Gasteiger partial charge in [0.1, 0.15) is 5.82 Å². The molecule has 4 nitrogen and oxygen atoms in total. The van der Waals surface area contributed by atoms with Crippen LogP contribution in [0.4, 0.5) is 0 Å². The number of H-pyrrole nitrogens is 1. The van der Waals surface area contributed by atoms with E-state index in [1.54, 1.807) is 12.1 Å². The Balaban J connectivity index is 1.88. The van der Waals surface area contributed by atoms with Crippen LogP contribution in [0.5, 0.6) is 0 Å². The Morgan fingerprint density at radius 1 is 1.21 bits per heavy atom. The van der Waals surface area contributed by atoms with E-state index in [1.165, 1.54) is 0 Å². The molecule has 0 bridgehead atoms. The van der Waals surface area contributed by atoms with Gasteiger partial charge in [-0.1, -0.05) is 41.4 Å². The number of para-hydroxylation sites is 1. The molecule has 0 spiro atoms. The van der Waals surface area contributed by atoms with E-state index in [2.05, 4.69) is 14.9 Å². The Morgan fingerprint density at radius 2 is 1.96 bits per heavy atom. The molecule has 6 heteroatoms. The van der Waals surface area contributed by atoms with Crippen molar-refractivity contribution in [2.24, 2.45) is 0 Å². The van der Waals surface area contributed by atoms with Gasteiger partial charge in [-0.3, -0.25) is 9.69 Å². The lowest BCUT2D eigenvalue weighted by Crippen LogP contribution is -2.26. The highest BCUT2D eigenvalue weighted by Crippen LogP contribution is 2.25. The molecule has 24 heavy (non-hydrogen) atoms. The van der Waals surface area contributed by atoms with Crippen molar-refractivity contribution in [2.75, 3.05) is 7.05 Å². The second-order valence-electron chi connectivity index (χ2n) is 5.80. The Hall–Kier alpha value is -1.88. The van der Waals surface area contributed by atoms with Crippen LogP contribution in [-0.2, 0) is 6.54 Å². The predicted octanol–water partition coefficient (Wildman–Crippen LogP) is 4.42. The normalized spacial score (nSPS) is 12.7. The van der Waals surface area contributed by atoms with Gasteiger partial charge in [0, 0.05) is 16.6 Å². The van der Waals surface area contributed by atoms with Crippen LogP contribution in [0.1, 0.15) is 24.4 Å². The lowest BCUT2D eigenvalue weighted by molar-refractivity contribution is 0.244. The standard InChI is InChI=1S/C18H17Cl2N3O/c1-11(23(2)10-12-7-8-13(19)9-15(12)20)17-21-16-6-4-3-5-14(16)18(24)22-17/h3-9,11H,10H2,1-2H3,(H,21,22,24)/t11-/m0/s1. The molecule has 0 amide bonds. The average Bonchev–Trinajstić information content (AvgIpc) is 2.56. The third-order valence-electron chi connectivity index (χ3n) is 4.12. The first-order valence-corrected chi connectivity index (χ1v) is 8.34. The number of halogens is 2. The maximum Gasteiger partial charge on any atom is 0.258 e. The summed E-state index contributed by atoms with van der Waals surface area (Å²) in [5, 5.41) is 1.83. The third kappa shape index (κ3) is 3.46. The number of nitrogens with one attached hydrogen (secondary N) is 1. The van der Waals surface area contributed by atoms with E-state index in [0.29, 0.717) is 33.3 Å². The van der Waals surface area contributed by atoms with Crippen molar-refractivity contribution in [3.8, 4) is 0 Å². The quantitative estimate of drug-likeness (QED) is 0.747. The van der Waals surface area contributed by atoms with Crippen molar-refractivity contribution >= 4 is 34.1 Å². The molecule has 124 valence electrons. The van der Waals surface area contributed by atoms with Crippen LogP contribution >= 0.6 is 23.2 Å². The molecule has 0 aliphatic carbocycles. The maximum atomic E-state index is 12.2. The van der Waals surface area contributed by atoms with Gasteiger partial charge in [-0.25, -0.2) is 4.98 Å². The number of fused-ring (bicyclic) bond motifs is 1. The Labute approximate surface area is 150 Å². The molecular formula is C18H17Cl2N3O. The number of rotatable bonds is 4. The highest BCUT2D eigenvalue weighted by molar-refractivity contribution is 6.35. The fourth-order valence-corrected chi connectivity index (χ4v) is 3.03. The first-order chi connectivity index (χ1) is 11.5. The predicted molar refractivity (Wildman–Crippen MR) is 98.7 cm³/mol. The summed E-state index contributed by atoms with van der Waals surface area (Å²) >= 11 is 12.2. The van der Waals surface area contributed by atoms with E-state index in [-0.39, 0.29) is 11.6 Å². The van der Waals surface area contributed by atoms with Crippen LogP contribution in [0, 0.1) is 0 Å². The van der Waals surface area contributed by atoms with E-state index in [1.807, 2.05) is 44.3 Å². The van der Waals surface area contributed by atoms with Crippen molar-refractivity contribution in [2.45, 2.75) is 19.5 Å². The summed E-state index contributed by atoms with van der Waals surface area (Å²) in [7, 11) is 1.96. The van der Waals surface area contributed by atoms with E-state index in [9.17, 15) is 4.79 Å². The lowest BCUT2D eigenvalue weighted by atomic mass is 10.1. The molecule has 0 aliphatic heterocycles. The fraction of sp³-hybridized carbons (Fsp3) is 0.222. The van der Waals surface area contributed by atoms with Crippen LogP contribution < -0.4 is 5.56 Å². The molecule has 0 saturated heterocycles. The van der Waals surface area contributed by atoms with Crippen molar-refractivity contribution in [3.63, 3.8) is 0 Å². The van der Waals surface area contributed by atoms with E-state index in [4.69, 9.17) is 23.2 Å². The largest absolute Gasteiger partial charge is 0.309 e. The summed E-state index contributed by atoms with van der Waals surface area (Å²) in [5.41, 5.74) is 1.54. The topological polar surface area (TPSA) is 49.0 Å². The number of hydrogen-bond acceptors (Lipinski definition) is 3. The molecule has 0 radical (unpaired) electrons. The van der Waals surface area contributed by atoms with Gasteiger partial charge in [0.25, 0.3) is 5.56 Å². The molecule has 3 rings (SSSR count). The summed E-state index contributed by atoms with van der Waals surface area (Å²) in [5.74, 6) is 0.631. The van der Waals surface area contributed by atoms with Gasteiger partial charge < -0.3 is 4.98 Å². The Morgan fingerprint density at radius 3 is 2.71 bits per heavy atom. The van der Waals surface area contributed by atoms with Crippen molar-refractivity contribution in [1.29, 1.82) is 0 Å². The average molecular weight is 362 g/mol. The molecule has 1 aromatic heterocycles. The zero-order chi connectivity index (χ0) is 17.3. The van der Waals surface area contributed by atoms with Gasteiger partial charge in [0.05, 0.1) is 16.9 Å². The summed E-state index contributed by atoms with van der Waals surface area (Å²) in [4.78, 5) is 21.8. The molecule has 3 aromatic rings. The molecule has 0 unspecified atom stereocenters. The second-order valence-corrected chi connectivity index (χ2v) is 6.64. The second kappa shape index (κ2) is 6.93. The zero-order valence-corrected chi connectivity index (χ0v) is 14.9. The maximum absolute atomic E-state index is 12.2. The van der Waals surface area contributed by atoms with Gasteiger partial charge in [0.2, 0.25) is 0 Å². The van der Waals surface area contributed by atoms with E-state index in [0.717, 1.165) is 5.56 Å². The number of hydrogen-bond donors (Lipinski definition) is 1. The van der Waals surface area contributed by atoms with Crippen LogP contribution in [0.3, 0.4) is 0 Å². The molecule has 1 atom stereocenters. The van der Waals surface area contributed by atoms with Crippen LogP contribution in [0.15, 0.2) is 47.3 Å². The summed E-state index contributed by atoms with van der Waals surface area (Å²) in [6.07, 6.45) is 0. The summed E-state index contributed by atoms with van der Waals surface area (Å²) in [6.45, 7) is 2.62. The summed E-state index contributed by atoms with van der Waals surface area (Å²) in [6, 6.07) is 12.7. The first kappa shape index (κ1) is 17.0. The fourth-order valence-electron chi connectivity index (χ4n) is 2.57. The lowest BCUT2D eigenvalue weighted by Gasteiger charge is -2.24. The number of aromatic nitrogens is 2. The Bertz CT molecular complexity index is 939. The molecule has 1 heterocycles. The number of aromatic amines is 1. The summed E-state index contributed by atoms with van der Waals surface area (Å²) < 4.78 is 0. The van der Waals surface area contributed by atoms with Crippen molar-refractivity contribution in [1.82, 2.24) is 14.9 Å². The van der Waals surface area contributed by atoms with Crippen LogP contribution in [0.25, 0.3) is 10.9 Å². The monoisotopic (exact) mass is 361 g/mol. The van der Waals surface area contributed by atoms with Crippen LogP contribution in [0.2, 0.25) is 10.0 Å². The van der Waals surface area contributed by atoms with Gasteiger partial charge >= 0.3 is 0 Å². The molecular weight excluding hydrogens is 345 g/mol. The van der Waals surface area contributed by atoms with Gasteiger partial charge in [-0.15, -0.1) is 0 Å². The minimum Gasteiger partial charge on any atom is -0.309 e. The molecule has 2 aromatic carbocycles. The minimum atomic E-state index is -0.125. The Kier molecular flexibility index (Phi) is 4.90. The third-order valence-corrected chi connectivity index (χ3v) is 4.71. The van der Waals surface area contributed by atoms with Crippen molar-refractivity contribution < 1.29 is 0 Å². The van der Waals surface area contributed by atoms with Crippen LogP contribution in [-0.4, -0.2) is 21.9 Å². The first-order valence-electron chi connectivity index (χ1n) is 7.59. The smallest absolute Gasteiger partial charge is 0.258 e. The molecule has 0 saturated carbocycles. The van der Waals surface area contributed by atoms with Gasteiger partial charge in [-0.05, 0) is 43.8 Å². The number of nitrogens with zero attached hydrogens (tertiary/aromatic N) is 2. The van der Waals surface area contributed by atoms with Gasteiger partial charge in [0.15, 0.2) is 0 Å². The molecule has 0 fully saturated rings. The van der Waals surface area contributed by atoms with Crippen molar-refractivity contribution in [3.05, 3.63) is 74.3 Å². The highest BCUT2D eigenvalue weighted by atomic mass is 35.5. The van der Waals surface area contributed by atoms with E-state index < -0.39 is 0 Å². The molecule has 1 N–H and O–H groups in total. The number of benzene rings is 2. The highest BCUT2D eigenvalue weighted by Gasteiger charge is 2.17. The van der Waals surface area contributed by atoms with E-state index >= 15 is 0 Å². The SMILES string of the molecule is C[C@@H](c1nc2ccccc2c(=O)[nH]1)N(C)Cc1ccc(Cl)cc1Cl. The minimum absolute atomic E-state index is 0.0750.